The average molecular weight is 489 g/mol. The fraction of sp³-hybridized carbons (Fsp3) is 0.440. The number of rotatable bonds is 3. The molecule has 0 saturated carbocycles. The van der Waals surface area contributed by atoms with Crippen molar-refractivity contribution in [2.75, 3.05) is 20.2 Å². The molecular formula is C25H27F3N4O3. The number of fused-ring (bicyclic) bond motifs is 2. The molecule has 2 aromatic heterocycles. The van der Waals surface area contributed by atoms with Crippen LogP contribution in [0.4, 0.5) is 13.2 Å². The molecule has 1 unspecified atom stereocenters. The molecule has 7 nitrogen and oxygen atoms in total. The zero-order valence-corrected chi connectivity index (χ0v) is 19.5. The van der Waals surface area contributed by atoms with Gasteiger partial charge in [0.1, 0.15) is 11.3 Å². The number of hydrogen-bond acceptors (Lipinski definition) is 5. The zero-order valence-electron chi connectivity index (χ0n) is 19.5. The normalized spacial score (nSPS) is 23.5. The van der Waals surface area contributed by atoms with E-state index in [9.17, 15) is 23.1 Å². The van der Waals surface area contributed by atoms with E-state index in [2.05, 4.69) is 22.4 Å². The van der Waals surface area contributed by atoms with Gasteiger partial charge in [0.25, 0.3) is 5.91 Å². The van der Waals surface area contributed by atoms with Crippen LogP contribution in [0.1, 0.15) is 52.2 Å². The van der Waals surface area contributed by atoms with Crippen LogP contribution in [0.25, 0.3) is 5.65 Å². The Morgan fingerprint density at radius 2 is 2.03 bits per heavy atom. The number of methoxy groups -OCH3 is 1. The summed E-state index contributed by atoms with van der Waals surface area (Å²) in [6, 6.07) is 9.10. The van der Waals surface area contributed by atoms with Crippen LogP contribution in [0.3, 0.4) is 0 Å². The molecule has 3 aromatic rings. The highest BCUT2D eigenvalue weighted by Crippen LogP contribution is 2.35. The van der Waals surface area contributed by atoms with Gasteiger partial charge in [-0.3, -0.25) is 4.79 Å². The third-order valence-corrected chi connectivity index (χ3v) is 7.32. The Morgan fingerprint density at radius 1 is 1.29 bits per heavy atom. The van der Waals surface area contributed by atoms with E-state index in [4.69, 9.17) is 4.74 Å². The summed E-state index contributed by atoms with van der Waals surface area (Å²) < 4.78 is 46.8. The number of halogens is 3. The monoisotopic (exact) mass is 488 g/mol. The first kappa shape index (κ1) is 23.8. The van der Waals surface area contributed by atoms with Gasteiger partial charge in [0, 0.05) is 44.7 Å². The van der Waals surface area contributed by atoms with Crippen LogP contribution in [0.5, 0.6) is 0 Å². The van der Waals surface area contributed by atoms with E-state index in [1.165, 1.54) is 33.7 Å². The quantitative estimate of drug-likeness (QED) is 0.591. The van der Waals surface area contributed by atoms with Gasteiger partial charge in [-0.15, -0.1) is 0 Å². The van der Waals surface area contributed by atoms with Crippen molar-refractivity contribution in [1.29, 1.82) is 0 Å². The van der Waals surface area contributed by atoms with Crippen molar-refractivity contribution in [2.24, 2.45) is 0 Å². The van der Waals surface area contributed by atoms with Gasteiger partial charge in [0.05, 0.1) is 23.3 Å². The minimum Gasteiger partial charge on any atom is -0.389 e. The second-order valence-electron chi connectivity index (χ2n) is 9.39. The fourth-order valence-corrected chi connectivity index (χ4v) is 5.12. The molecule has 2 aliphatic rings. The maximum Gasteiger partial charge on any atom is 0.417 e. The van der Waals surface area contributed by atoms with E-state index in [0.29, 0.717) is 25.9 Å². The fourth-order valence-electron chi connectivity index (χ4n) is 5.12. The first-order valence-electron chi connectivity index (χ1n) is 11.5. The molecule has 0 bridgehead atoms. The van der Waals surface area contributed by atoms with Gasteiger partial charge < -0.3 is 24.5 Å². The smallest absolute Gasteiger partial charge is 0.389 e. The third-order valence-electron chi connectivity index (χ3n) is 7.32. The number of carbonyl (C=O) groups is 1. The van der Waals surface area contributed by atoms with Crippen molar-refractivity contribution >= 4 is 11.6 Å². The van der Waals surface area contributed by atoms with Crippen molar-refractivity contribution < 1.29 is 27.8 Å². The lowest BCUT2D eigenvalue weighted by Gasteiger charge is -2.48. The number of amides is 1. The Hall–Kier alpha value is -2.95. The van der Waals surface area contributed by atoms with Crippen LogP contribution < -0.4 is 5.32 Å². The van der Waals surface area contributed by atoms with E-state index < -0.39 is 35.4 Å². The second kappa shape index (κ2) is 8.61. The Morgan fingerprint density at radius 3 is 2.71 bits per heavy atom. The van der Waals surface area contributed by atoms with Gasteiger partial charge in [-0.05, 0) is 37.0 Å². The summed E-state index contributed by atoms with van der Waals surface area (Å²) in [6.45, 7) is 2.78. The van der Waals surface area contributed by atoms with Crippen LogP contribution in [0.2, 0.25) is 0 Å². The Bertz CT molecular complexity index is 1270. The second-order valence-corrected chi connectivity index (χ2v) is 9.39. The van der Waals surface area contributed by atoms with Crippen molar-refractivity contribution in [2.45, 2.75) is 50.2 Å². The zero-order chi connectivity index (χ0) is 25.0. The number of aliphatic hydroxyl groups is 1. The maximum absolute atomic E-state index is 13.4. The predicted octanol–water partition coefficient (Wildman–Crippen LogP) is 3.35. The lowest BCUT2D eigenvalue weighted by molar-refractivity contribution is -0.138. The maximum atomic E-state index is 13.4. The summed E-state index contributed by atoms with van der Waals surface area (Å²) in [5.74, 6) is -0.427. The van der Waals surface area contributed by atoms with Crippen LogP contribution in [0, 0.1) is 0 Å². The molecule has 0 radical (unpaired) electrons. The van der Waals surface area contributed by atoms with E-state index in [1.54, 1.807) is 6.92 Å². The number of carbonyl (C=O) groups excluding carboxylic acids is 1. The molecule has 10 heteroatoms. The SMILES string of the molecule is COC(C)c1cc(C(F)(F)F)cn2cc(C(=O)N3CC[C@]4(Cc5ccccc5CN4)[C@H](O)C3)nc12. The highest BCUT2D eigenvalue weighted by atomic mass is 19.4. The number of imidazole rings is 1. The molecule has 0 aliphatic carbocycles. The molecule has 1 amide bonds. The number of likely N-dealkylation sites (tertiary alicyclic amines) is 1. The van der Waals surface area contributed by atoms with Crippen molar-refractivity contribution in [1.82, 2.24) is 19.6 Å². The number of alkyl halides is 3. The van der Waals surface area contributed by atoms with E-state index in [1.807, 2.05) is 12.1 Å². The van der Waals surface area contributed by atoms with Gasteiger partial charge in [0.2, 0.25) is 0 Å². The Balaban J connectivity index is 1.40. The first-order valence-corrected chi connectivity index (χ1v) is 11.5. The first-order chi connectivity index (χ1) is 16.6. The topological polar surface area (TPSA) is 79.1 Å². The number of nitrogens with one attached hydrogen (secondary N) is 1. The number of aliphatic hydroxyl groups excluding tert-OH is 1. The molecular weight excluding hydrogens is 461 g/mol. The number of β-amino-alcohol motifs (C(OH)–C–C–N with tert-alkyl or cyclic N) is 1. The molecule has 1 spiro atoms. The van der Waals surface area contributed by atoms with Gasteiger partial charge in [-0.1, -0.05) is 24.3 Å². The number of ether oxygens (including phenoxy) is 1. The van der Waals surface area contributed by atoms with Gasteiger partial charge in [-0.2, -0.15) is 13.2 Å². The minimum atomic E-state index is -4.55. The lowest BCUT2D eigenvalue weighted by Crippen LogP contribution is -2.65. The van der Waals surface area contributed by atoms with Crippen molar-refractivity contribution in [3.05, 3.63) is 70.7 Å². The van der Waals surface area contributed by atoms with Crippen molar-refractivity contribution in [3.8, 4) is 0 Å². The van der Waals surface area contributed by atoms with Crippen LogP contribution >= 0.6 is 0 Å². The molecule has 3 atom stereocenters. The summed E-state index contributed by atoms with van der Waals surface area (Å²) in [6.07, 6.45) is -2.56. The highest BCUT2D eigenvalue weighted by molar-refractivity contribution is 5.93. The van der Waals surface area contributed by atoms with Gasteiger partial charge in [-0.25, -0.2) is 4.98 Å². The largest absolute Gasteiger partial charge is 0.417 e. The average Bonchev–Trinajstić information content (AvgIpc) is 3.28. The number of piperidine rings is 1. The number of nitrogens with zero attached hydrogens (tertiary/aromatic N) is 3. The van der Waals surface area contributed by atoms with E-state index in [-0.39, 0.29) is 23.4 Å². The predicted molar refractivity (Wildman–Crippen MR) is 122 cm³/mol. The number of aromatic nitrogens is 2. The molecule has 5 rings (SSSR count). The molecule has 186 valence electrons. The lowest BCUT2D eigenvalue weighted by atomic mass is 9.76. The highest BCUT2D eigenvalue weighted by Gasteiger charge is 2.45. The summed E-state index contributed by atoms with van der Waals surface area (Å²) in [7, 11) is 1.40. The van der Waals surface area contributed by atoms with Crippen molar-refractivity contribution in [3.63, 3.8) is 0 Å². The van der Waals surface area contributed by atoms with E-state index in [0.717, 1.165) is 12.3 Å². The number of hydrogen-bond donors (Lipinski definition) is 2. The van der Waals surface area contributed by atoms with Crippen LogP contribution in [-0.2, 0) is 23.9 Å². The molecule has 2 aliphatic heterocycles. The standard InChI is InChI=1S/C25H27F3N4O3/c1-15(35-2)19-9-18(25(26,27)28)12-32-13-20(30-22(19)32)23(34)31-8-7-24(21(33)14-31)10-16-5-3-4-6-17(16)11-29-24/h3-6,9,12-13,15,21,29,33H,7-8,10-11,14H2,1-2H3/t15?,21-,24+/m1/s1. The Labute approximate surface area is 200 Å². The van der Waals surface area contributed by atoms with E-state index >= 15 is 0 Å². The Kier molecular flexibility index (Phi) is 5.85. The van der Waals surface area contributed by atoms with Crippen LogP contribution in [-0.4, -0.2) is 57.1 Å². The molecule has 1 saturated heterocycles. The minimum absolute atomic E-state index is 0.0268. The summed E-state index contributed by atoms with van der Waals surface area (Å²) in [4.78, 5) is 19.2. The molecule has 1 fully saturated rings. The molecule has 2 N–H and O–H groups in total. The number of benzene rings is 1. The molecule has 4 heterocycles. The summed E-state index contributed by atoms with van der Waals surface area (Å²) in [5, 5.41) is 14.5. The molecule has 35 heavy (non-hydrogen) atoms. The van der Waals surface area contributed by atoms with Crippen LogP contribution in [0.15, 0.2) is 42.7 Å². The van der Waals surface area contributed by atoms with Gasteiger partial charge in [0.15, 0.2) is 0 Å². The number of pyridine rings is 1. The van der Waals surface area contributed by atoms with Gasteiger partial charge >= 0.3 is 6.18 Å². The summed E-state index contributed by atoms with van der Waals surface area (Å²) >= 11 is 0. The summed E-state index contributed by atoms with van der Waals surface area (Å²) in [5.41, 5.74) is 1.52. The third kappa shape index (κ3) is 4.19. The molecule has 1 aromatic carbocycles.